The lowest BCUT2D eigenvalue weighted by atomic mass is 10.1. The van der Waals surface area contributed by atoms with Crippen LogP contribution in [-0.2, 0) is 17.8 Å². The Morgan fingerprint density at radius 3 is 2.21 bits per heavy atom. The van der Waals surface area contributed by atoms with Crippen LogP contribution in [0.5, 0.6) is 5.75 Å². The summed E-state index contributed by atoms with van der Waals surface area (Å²) in [6.07, 6.45) is 4.19. The van der Waals surface area contributed by atoms with E-state index in [-0.39, 0.29) is 22.6 Å². The van der Waals surface area contributed by atoms with Gasteiger partial charge in [-0.05, 0) is 94.8 Å². The average molecular weight is 613 g/mol. The van der Waals surface area contributed by atoms with Crippen molar-refractivity contribution in [1.82, 2.24) is 9.97 Å². The molecule has 1 heterocycles. The summed E-state index contributed by atoms with van der Waals surface area (Å²) in [7, 11) is 0. The lowest BCUT2D eigenvalue weighted by Gasteiger charge is -2.24. The second kappa shape index (κ2) is 12.4. The topological polar surface area (TPSA) is 75.6 Å². The third kappa shape index (κ3) is 8.62. The highest BCUT2D eigenvalue weighted by atomic mass is 79.9. The van der Waals surface area contributed by atoms with Crippen molar-refractivity contribution in [3.63, 3.8) is 0 Å². The molecule has 0 spiro atoms. The molecule has 0 aliphatic heterocycles. The molecule has 0 aliphatic carbocycles. The zero-order chi connectivity index (χ0) is 28.1. The number of alkyl halides is 3. The number of carbonyl (C=O) groups is 1. The van der Waals surface area contributed by atoms with Crippen molar-refractivity contribution in [1.29, 1.82) is 0 Å². The highest BCUT2D eigenvalue weighted by Gasteiger charge is 2.30. The van der Waals surface area contributed by atoms with E-state index in [1.807, 2.05) is 17.0 Å². The van der Waals surface area contributed by atoms with Gasteiger partial charge in [0.1, 0.15) is 5.75 Å². The Morgan fingerprint density at radius 2 is 1.68 bits per heavy atom. The highest BCUT2D eigenvalue weighted by molar-refractivity contribution is 9.10. The summed E-state index contributed by atoms with van der Waals surface area (Å²) in [6, 6.07) is 11.7. The Bertz CT molecular complexity index is 1240. The van der Waals surface area contributed by atoms with Crippen molar-refractivity contribution in [3.05, 3.63) is 76.0 Å². The van der Waals surface area contributed by atoms with Gasteiger partial charge in [-0.15, -0.1) is 0 Å². The number of halogens is 4. The molecular weight excluding hydrogens is 583 g/mol. The van der Waals surface area contributed by atoms with E-state index in [0.29, 0.717) is 35.7 Å². The summed E-state index contributed by atoms with van der Waals surface area (Å²) in [6.45, 7) is 8.01. The molecule has 0 saturated carbocycles. The second-order valence-corrected chi connectivity index (χ2v) is 11.5. The zero-order valence-electron chi connectivity index (χ0n) is 21.4. The van der Waals surface area contributed by atoms with Crippen molar-refractivity contribution >= 4 is 39.6 Å². The molecule has 1 aromatic heterocycles. The van der Waals surface area contributed by atoms with Gasteiger partial charge < -0.3 is 14.7 Å². The minimum Gasteiger partial charge on any atom is -0.478 e. The van der Waals surface area contributed by atoms with E-state index in [1.165, 1.54) is 26.0 Å². The maximum Gasteiger partial charge on any atom is 0.446 e. The van der Waals surface area contributed by atoms with Gasteiger partial charge in [-0.3, -0.25) is 0 Å². The van der Waals surface area contributed by atoms with Gasteiger partial charge in [0, 0.05) is 30.4 Å². The first kappa shape index (κ1) is 29.8. The van der Waals surface area contributed by atoms with E-state index >= 15 is 0 Å². The number of hydrogen-bond donors (Lipinski definition) is 1. The number of thioether (sulfide) groups is 1. The van der Waals surface area contributed by atoms with Crippen LogP contribution in [-0.4, -0.2) is 38.7 Å². The number of anilines is 1. The van der Waals surface area contributed by atoms with Gasteiger partial charge in [0.25, 0.3) is 0 Å². The van der Waals surface area contributed by atoms with Gasteiger partial charge in [-0.1, -0.05) is 32.0 Å². The quantitative estimate of drug-likeness (QED) is 0.225. The first-order valence-corrected chi connectivity index (χ1v) is 13.5. The molecule has 0 bridgehead atoms. The predicted octanol–water partition coefficient (Wildman–Crippen LogP) is 7.47. The van der Waals surface area contributed by atoms with Gasteiger partial charge in [0.2, 0.25) is 5.95 Å². The monoisotopic (exact) mass is 611 g/mol. The number of nitrogens with zero attached hydrogens (tertiary/aromatic N) is 3. The lowest BCUT2D eigenvalue weighted by molar-refractivity contribution is -0.152. The molecule has 0 unspecified atom stereocenters. The SMILES string of the molecule is CC(C)c1cnc(N(CCc2ccc(OC(C)(C)C(=O)O)c(Br)c2)Cc2ccc(SC(F)(F)F)cc2)nc1. The molecular formula is C27H29BrF3N3O3S. The van der Waals surface area contributed by atoms with Gasteiger partial charge in [-0.2, -0.15) is 13.2 Å². The van der Waals surface area contributed by atoms with E-state index in [9.17, 15) is 23.1 Å². The Balaban J connectivity index is 1.78. The molecule has 204 valence electrons. The molecule has 2 aromatic carbocycles. The van der Waals surface area contributed by atoms with Crippen LogP contribution in [0.4, 0.5) is 19.1 Å². The first-order valence-electron chi connectivity index (χ1n) is 11.9. The number of aromatic nitrogens is 2. The largest absolute Gasteiger partial charge is 0.478 e. The molecule has 0 saturated heterocycles. The Kier molecular flexibility index (Phi) is 9.69. The van der Waals surface area contributed by atoms with Crippen molar-refractivity contribution in [2.24, 2.45) is 0 Å². The minimum atomic E-state index is -4.34. The summed E-state index contributed by atoms with van der Waals surface area (Å²) in [5, 5.41) is 9.33. The van der Waals surface area contributed by atoms with Crippen molar-refractivity contribution in [2.75, 3.05) is 11.4 Å². The maximum absolute atomic E-state index is 12.7. The van der Waals surface area contributed by atoms with Gasteiger partial charge in [0.05, 0.1) is 4.47 Å². The number of carboxylic acids is 1. The summed E-state index contributed by atoms with van der Waals surface area (Å²) in [4.78, 5) is 22.6. The van der Waals surface area contributed by atoms with Crippen LogP contribution >= 0.6 is 27.7 Å². The number of carboxylic acid groups (broad SMARTS) is 1. The highest BCUT2D eigenvalue weighted by Crippen LogP contribution is 2.37. The molecule has 0 aliphatic rings. The van der Waals surface area contributed by atoms with E-state index < -0.39 is 17.1 Å². The van der Waals surface area contributed by atoms with Crippen LogP contribution < -0.4 is 9.64 Å². The number of hydrogen-bond acceptors (Lipinski definition) is 6. The van der Waals surface area contributed by atoms with Crippen LogP contribution in [0.1, 0.15) is 50.3 Å². The number of rotatable bonds is 11. The van der Waals surface area contributed by atoms with Crippen LogP contribution in [0, 0.1) is 0 Å². The van der Waals surface area contributed by atoms with Crippen molar-refractivity contribution < 1.29 is 27.8 Å². The molecule has 3 rings (SSSR count). The van der Waals surface area contributed by atoms with Crippen LogP contribution in [0.2, 0.25) is 0 Å². The summed E-state index contributed by atoms with van der Waals surface area (Å²) in [5.41, 5.74) is -2.91. The average Bonchev–Trinajstić information content (AvgIpc) is 2.83. The van der Waals surface area contributed by atoms with Crippen molar-refractivity contribution in [2.45, 2.75) is 62.6 Å². The molecule has 3 aromatic rings. The van der Waals surface area contributed by atoms with Crippen LogP contribution in [0.25, 0.3) is 0 Å². The normalized spacial score (nSPS) is 12.0. The van der Waals surface area contributed by atoms with E-state index in [2.05, 4.69) is 39.7 Å². The first-order chi connectivity index (χ1) is 17.7. The fourth-order valence-corrected chi connectivity index (χ4v) is 4.47. The minimum absolute atomic E-state index is 0.128. The molecule has 38 heavy (non-hydrogen) atoms. The fraction of sp³-hybridized carbons (Fsp3) is 0.370. The summed E-state index contributed by atoms with van der Waals surface area (Å²) in [5.74, 6) is 0.144. The number of benzene rings is 2. The van der Waals surface area contributed by atoms with E-state index in [1.54, 1.807) is 30.6 Å². The van der Waals surface area contributed by atoms with Crippen molar-refractivity contribution in [3.8, 4) is 5.75 Å². The standard InChI is InChI=1S/C27H29BrF3N3O3S/c1-17(2)20-14-32-25(33-15-20)34(16-19-5-8-21(9-6-19)38-27(29,30)31)12-11-18-7-10-23(22(28)13-18)37-26(3,4)24(35)36/h5-10,13-15,17H,11-12,16H2,1-4H3,(H,35,36). The van der Waals surface area contributed by atoms with Crippen LogP contribution in [0.3, 0.4) is 0 Å². The maximum atomic E-state index is 12.7. The third-order valence-electron chi connectivity index (χ3n) is 5.68. The summed E-state index contributed by atoms with van der Waals surface area (Å²) < 4.78 is 44.4. The van der Waals surface area contributed by atoms with E-state index in [0.717, 1.165) is 16.7 Å². The Hall–Kier alpha value is -2.79. The molecule has 0 atom stereocenters. The van der Waals surface area contributed by atoms with Gasteiger partial charge in [-0.25, -0.2) is 14.8 Å². The molecule has 11 heteroatoms. The Morgan fingerprint density at radius 1 is 1.08 bits per heavy atom. The fourth-order valence-electron chi connectivity index (χ4n) is 3.42. The lowest BCUT2D eigenvalue weighted by Crippen LogP contribution is -2.38. The van der Waals surface area contributed by atoms with Gasteiger partial charge in [0.15, 0.2) is 5.60 Å². The van der Waals surface area contributed by atoms with Gasteiger partial charge >= 0.3 is 11.5 Å². The third-order valence-corrected chi connectivity index (χ3v) is 7.04. The van der Waals surface area contributed by atoms with E-state index in [4.69, 9.17) is 4.74 Å². The molecule has 1 N–H and O–H groups in total. The smallest absolute Gasteiger partial charge is 0.446 e. The summed E-state index contributed by atoms with van der Waals surface area (Å²) >= 11 is 3.32. The second-order valence-electron chi connectivity index (χ2n) is 9.52. The van der Waals surface area contributed by atoms with Crippen LogP contribution in [0.15, 0.2) is 64.2 Å². The Labute approximate surface area is 232 Å². The molecule has 0 fully saturated rings. The predicted molar refractivity (Wildman–Crippen MR) is 146 cm³/mol. The molecule has 6 nitrogen and oxygen atoms in total. The zero-order valence-corrected chi connectivity index (χ0v) is 23.8. The number of aliphatic carboxylic acids is 1. The molecule has 0 amide bonds. The molecule has 0 radical (unpaired) electrons. The number of ether oxygens (including phenoxy) is 1.